The molecule has 0 unspecified atom stereocenters. The van der Waals surface area contributed by atoms with Gasteiger partial charge in [0.15, 0.2) is 0 Å². The third-order valence-corrected chi connectivity index (χ3v) is 6.31. The van der Waals surface area contributed by atoms with Crippen LogP contribution in [0.25, 0.3) is 32.1 Å². The van der Waals surface area contributed by atoms with Crippen molar-refractivity contribution < 1.29 is 5.11 Å². The number of phenols is 1. The van der Waals surface area contributed by atoms with E-state index in [1.165, 1.54) is 23.0 Å². The number of hydrogen-bond acceptors (Lipinski definition) is 4. The Labute approximate surface area is 165 Å². The first-order chi connectivity index (χ1) is 12.9. The van der Waals surface area contributed by atoms with Gasteiger partial charge in [0.25, 0.3) is 5.56 Å². The summed E-state index contributed by atoms with van der Waals surface area (Å²) >= 11 is 7.71. The second-order valence-corrected chi connectivity index (χ2v) is 8.20. The Hall–Kier alpha value is -2.34. The summed E-state index contributed by atoms with van der Waals surface area (Å²) in [5, 5.41) is 14.5. The van der Waals surface area contributed by atoms with Gasteiger partial charge in [-0.25, -0.2) is 0 Å². The maximum atomic E-state index is 12.4. The number of benzene rings is 2. The lowest BCUT2D eigenvalue weighted by molar-refractivity contribution is 0.321. The molecule has 0 saturated carbocycles. The lowest BCUT2D eigenvalue weighted by atomic mass is 9.95. The zero-order chi connectivity index (χ0) is 19.3. The van der Waals surface area contributed by atoms with E-state index in [0.29, 0.717) is 20.8 Å². The lowest BCUT2D eigenvalue weighted by Gasteiger charge is -2.20. The van der Waals surface area contributed by atoms with E-state index in [1.54, 1.807) is 0 Å². The van der Waals surface area contributed by atoms with Gasteiger partial charge in [-0.2, -0.15) is 0 Å². The first-order valence-electron chi connectivity index (χ1n) is 8.60. The van der Waals surface area contributed by atoms with Crippen molar-refractivity contribution in [3.63, 3.8) is 0 Å². The van der Waals surface area contributed by atoms with Crippen LogP contribution in [0.2, 0.25) is 5.02 Å². The fourth-order valence-corrected chi connectivity index (χ4v) is 4.44. The van der Waals surface area contributed by atoms with Gasteiger partial charge in [0.05, 0.1) is 10.5 Å². The second-order valence-electron chi connectivity index (χ2n) is 6.88. The number of hydrogen-bond donors (Lipinski definition) is 2. The summed E-state index contributed by atoms with van der Waals surface area (Å²) in [6.45, 7) is 2.14. The largest absolute Gasteiger partial charge is 0.507 e. The van der Waals surface area contributed by atoms with Gasteiger partial charge in [-0.1, -0.05) is 35.9 Å². The zero-order valence-corrected chi connectivity index (χ0v) is 16.8. The molecule has 27 heavy (non-hydrogen) atoms. The molecule has 2 aromatic heterocycles. The van der Waals surface area contributed by atoms with E-state index < -0.39 is 0 Å². The Balaban J connectivity index is 2.02. The normalized spacial score (nSPS) is 12.9. The summed E-state index contributed by atoms with van der Waals surface area (Å²) in [6.07, 6.45) is 0. The number of nitrogens with zero attached hydrogens (tertiary/aromatic N) is 1. The molecular weight excluding hydrogens is 380 g/mol. The van der Waals surface area contributed by atoms with E-state index in [1.807, 2.05) is 37.7 Å². The van der Waals surface area contributed by atoms with E-state index in [2.05, 4.69) is 28.9 Å². The van der Waals surface area contributed by atoms with Crippen LogP contribution in [-0.2, 0) is 0 Å². The third-order valence-electron chi connectivity index (χ3n) is 5.09. The number of nitrogens with one attached hydrogen (secondary N) is 1. The fourth-order valence-electron chi connectivity index (χ4n) is 3.40. The molecular formula is C21H19ClN2O2S. The topological polar surface area (TPSA) is 56.3 Å². The van der Waals surface area contributed by atoms with Crippen LogP contribution in [-0.4, -0.2) is 29.1 Å². The number of H-pyrrole nitrogens is 1. The molecule has 0 aliphatic heterocycles. The highest BCUT2D eigenvalue weighted by Gasteiger charge is 2.18. The van der Waals surface area contributed by atoms with E-state index in [-0.39, 0.29) is 17.4 Å². The number of phenolic OH excluding ortho intramolecular Hbond substituents is 1. The van der Waals surface area contributed by atoms with Crippen molar-refractivity contribution in [2.45, 2.75) is 13.0 Å². The van der Waals surface area contributed by atoms with Crippen LogP contribution in [0.3, 0.4) is 0 Å². The van der Waals surface area contributed by atoms with Gasteiger partial charge < -0.3 is 15.0 Å². The van der Waals surface area contributed by atoms with Crippen LogP contribution in [0.5, 0.6) is 5.75 Å². The third kappa shape index (κ3) is 2.92. The van der Waals surface area contributed by atoms with E-state index in [0.717, 1.165) is 16.3 Å². The predicted octanol–water partition coefficient (Wildman–Crippen LogP) is 5.39. The molecule has 1 atom stereocenters. The summed E-state index contributed by atoms with van der Waals surface area (Å²) in [5.41, 5.74) is 3.13. The monoisotopic (exact) mass is 398 g/mol. The summed E-state index contributed by atoms with van der Waals surface area (Å²) < 4.78 is 0.628. The Kier molecular flexibility index (Phi) is 4.46. The van der Waals surface area contributed by atoms with Gasteiger partial charge in [-0.15, -0.1) is 11.3 Å². The molecule has 0 fully saturated rings. The van der Waals surface area contributed by atoms with Gasteiger partial charge in [-0.3, -0.25) is 4.79 Å². The summed E-state index contributed by atoms with van der Waals surface area (Å²) in [6, 6.07) is 11.8. The SMILES string of the molecule is C[C@H](c1ccc(-c2c(O)cc(Cl)c3[nH]c(=O)c4sccc4c23)cc1)N(C)C. The summed E-state index contributed by atoms with van der Waals surface area (Å²) in [4.78, 5) is 17.4. The zero-order valence-electron chi connectivity index (χ0n) is 15.2. The van der Waals surface area contributed by atoms with Gasteiger partial charge >= 0.3 is 0 Å². The second kappa shape index (κ2) is 6.68. The standard InChI is InChI=1S/C21H19ClN2O2S/c1-11(24(2)3)12-4-6-13(7-5-12)17-16(25)10-15(22)19-18(17)14-8-9-27-20(14)21(26)23-19/h4-11,25H,1-3H3,(H,23,26)/t11-/m1/s1. The van der Waals surface area contributed by atoms with E-state index in [9.17, 15) is 9.90 Å². The van der Waals surface area contributed by atoms with Crippen molar-refractivity contribution in [1.82, 2.24) is 9.88 Å². The smallest absolute Gasteiger partial charge is 0.266 e. The Morgan fingerprint density at radius 3 is 2.56 bits per heavy atom. The quantitative estimate of drug-likeness (QED) is 0.486. The summed E-state index contributed by atoms with van der Waals surface area (Å²) in [5.74, 6) is 0.0976. The average Bonchev–Trinajstić information content (AvgIpc) is 3.13. The Bertz CT molecular complexity index is 1210. The molecule has 0 aliphatic rings. The van der Waals surface area contributed by atoms with Crippen molar-refractivity contribution in [1.29, 1.82) is 0 Å². The maximum absolute atomic E-state index is 12.4. The number of thiophene rings is 1. The molecule has 0 saturated heterocycles. The minimum atomic E-state index is -0.166. The highest BCUT2D eigenvalue weighted by Crippen LogP contribution is 2.42. The minimum Gasteiger partial charge on any atom is -0.507 e. The molecule has 2 heterocycles. The van der Waals surface area contributed by atoms with Crippen molar-refractivity contribution in [2.75, 3.05) is 14.1 Å². The molecule has 0 aliphatic carbocycles. The first kappa shape index (κ1) is 18.0. The molecule has 2 N–H and O–H groups in total. The van der Waals surface area contributed by atoms with Gasteiger partial charge in [0.1, 0.15) is 10.4 Å². The van der Waals surface area contributed by atoms with Crippen LogP contribution < -0.4 is 5.56 Å². The average molecular weight is 399 g/mol. The molecule has 0 amide bonds. The van der Waals surface area contributed by atoms with Crippen molar-refractivity contribution in [3.8, 4) is 16.9 Å². The van der Waals surface area contributed by atoms with Gasteiger partial charge in [0.2, 0.25) is 0 Å². The van der Waals surface area contributed by atoms with Crippen molar-refractivity contribution in [3.05, 3.63) is 62.7 Å². The molecule has 6 heteroatoms. The van der Waals surface area contributed by atoms with Crippen molar-refractivity contribution in [2.24, 2.45) is 0 Å². The molecule has 0 bridgehead atoms. The van der Waals surface area contributed by atoms with E-state index in [4.69, 9.17) is 11.6 Å². The number of aromatic nitrogens is 1. The van der Waals surface area contributed by atoms with Gasteiger partial charge in [-0.05, 0) is 43.6 Å². The molecule has 4 rings (SSSR count). The van der Waals surface area contributed by atoms with Crippen molar-refractivity contribution >= 4 is 43.9 Å². The van der Waals surface area contributed by atoms with Gasteiger partial charge in [0, 0.05) is 28.4 Å². The Morgan fingerprint density at radius 1 is 1.19 bits per heavy atom. The summed E-state index contributed by atoms with van der Waals surface area (Å²) in [7, 11) is 4.08. The highest BCUT2D eigenvalue weighted by molar-refractivity contribution is 7.17. The number of fused-ring (bicyclic) bond motifs is 3. The van der Waals surface area contributed by atoms with Crippen LogP contribution >= 0.6 is 22.9 Å². The number of aromatic hydroxyl groups is 1. The minimum absolute atomic E-state index is 0.0976. The molecule has 138 valence electrons. The molecule has 0 radical (unpaired) electrons. The first-order valence-corrected chi connectivity index (χ1v) is 9.85. The molecule has 0 spiro atoms. The predicted molar refractivity (Wildman–Crippen MR) is 114 cm³/mol. The van der Waals surface area contributed by atoms with Crippen LogP contribution in [0.15, 0.2) is 46.6 Å². The van der Waals surface area contributed by atoms with E-state index >= 15 is 0 Å². The molecule has 4 aromatic rings. The lowest BCUT2D eigenvalue weighted by Crippen LogP contribution is -2.16. The number of rotatable bonds is 3. The maximum Gasteiger partial charge on any atom is 0.266 e. The van der Waals surface area contributed by atoms with Crippen LogP contribution in [0.1, 0.15) is 18.5 Å². The van der Waals surface area contributed by atoms with Crippen LogP contribution in [0, 0.1) is 0 Å². The fraction of sp³-hybridized carbons (Fsp3) is 0.190. The number of halogens is 1. The molecule has 2 aromatic carbocycles. The number of aromatic amines is 1. The molecule has 4 nitrogen and oxygen atoms in total. The Morgan fingerprint density at radius 2 is 1.89 bits per heavy atom. The number of pyridine rings is 1. The van der Waals surface area contributed by atoms with Crippen LogP contribution in [0.4, 0.5) is 0 Å². The highest BCUT2D eigenvalue weighted by atomic mass is 35.5.